The topological polar surface area (TPSA) is 104 Å². The van der Waals surface area contributed by atoms with Crippen LogP contribution in [0.25, 0.3) is 0 Å². The fraction of sp³-hybridized carbons (Fsp3) is 0.588. The number of hydrogen-bond acceptors (Lipinski definition) is 5. The molecule has 0 radical (unpaired) electrons. The zero-order valence-electron chi connectivity index (χ0n) is 16.2. The normalized spacial score (nSPS) is 18.4. The van der Waals surface area contributed by atoms with Gasteiger partial charge in [0.2, 0.25) is 5.91 Å². The molecular formula is C17H28IN5O3S. The number of halogens is 1. The number of nitrogens with zero attached hydrogens (tertiary/aromatic N) is 3. The molecule has 152 valence electrons. The molecule has 0 atom stereocenters. The van der Waals surface area contributed by atoms with Crippen LogP contribution in [-0.2, 0) is 14.6 Å². The van der Waals surface area contributed by atoms with Crippen molar-refractivity contribution in [2.24, 2.45) is 4.99 Å². The molecule has 2 rings (SSSR count). The zero-order chi connectivity index (χ0) is 19.4. The van der Waals surface area contributed by atoms with Crippen molar-refractivity contribution in [1.29, 1.82) is 0 Å². The third-order valence-electron chi connectivity index (χ3n) is 4.35. The maximum atomic E-state index is 12.1. The van der Waals surface area contributed by atoms with E-state index in [1.807, 2.05) is 24.0 Å². The van der Waals surface area contributed by atoms with Gasteiger partial charge in [0.05, 0.1) is 10.5 Å². The van der Waals surface area contributed by atoms with Crippen molar-refractivity contribution in [1.82, 2.24) is 15.2 Å². The summed E-state index contributed by atoms with van der Waals surface area (Å²) in [6.07, 6.45) is 0.254. The van der Waals surface area contributed by atoms with E-state index >= 15 is 0 Å². The van der Waals surface area contributed by atoms with Crippen LogP contribution < -0.4 is 10.6 Å². The van der Waals surface area contributed by atoms with Gasteiger partial charge in [0.1, 0.15) is 5.82 Å². The van der Waals surface area contributed by atoms with Crippen molar-refractivity contribution in [2.45, 2.75) is 31.9 Å². The standard InChI is InChI=1S/C17H27N5O3S.HI/c1-13-6-5-7-14(20-13)21-15(23)8-9-19-16(18-4)22-10-11-26(24,25)17(2,3)12-22;/h5-7H,8-12H2,1-4H3,(H,18,19)(H,20,21,23);1H. The maximum Gasteiger partial charge on any atom is 0.227 e. The van der Waals surface area contributed by atoms with Crippen LogP contribution in [0.1, 0.15) is 26.0 Å². The molecule has 1 aliphatic rings. The minimum Gasteiger partial charge on any atom is -0.356 e. The molecule has 0 bridgehead atoms. The van der Waals surface area contributed by atoms with Gasteiger partial charge in [-0.25, -0.2) is 13.4 Å². The Kier molecular flexibility index (Phi) is 8.46. The van der Waals surface area contributed by atoms with E-state index in [0.29, 0.717) is 31.4 Å². The molecule has 1 fully saturated rings. The van der Waals surface area contributed by atoms with Gasteiger partial charge in [0, 0.05) is 38.8 Å². The number of aromatic nitrogens is 1. The minimum atomic E-state index is -3.10. The number of sulfone groups is 1. The summed E-state index contributed by atoms with van der Waals surface area (Å²) in [6.45, 7) is 6.48. The van der Waals surface area contributed by atoms with E-state index in [4.69, 9.17) is 0 Å². The Balaban J connectivity index is 0.00000364. The molecule has 0 saturated carbocycles. The quantitative estimate of drug-likeness (QED) is 0.362. The van der Waals surface area contributed by atoms with Crippen LogP contribution in [0.5, 0.6) is 0 Å². The van der Waals surface area contributed by atoms with Crippen LogP contribution in [0, 0.1) is 6.92 Å². The molecule has 0 spiro atoms. The van der Waals surface area contributed by atoms with E-state index in [2.05, 4.69) is 20.6 Å². The van der Waals surface area contributed by atoms with Gasteiger partial charge in [-0.15, -0.1) is 24.0 Å². The van der Waals surface area contributed by atoms with Crippen molar-refractivity contribution in [2.75, 3.05) is 37.8 Å². The Labute approximate surface area is 178 Å². The lowest BCUT2D eigenvalue weighted by atomic mass is 10.2. The molecule has 1 aromatic rings. The molecule has 0 aliphatic carbocycles. The molecule has 2 heterocycles. The van der Waals surface area contributed by atoms with Gasteiger partial charge >= 0.3 is 0 Å². The Morgan fingerprint density at radius 2 is 2.07 bits per heavy atom. The lowest BCUT2D eigenvalue weighted by Crippen LogP contribution is -2.57. The Morgan fingerprint density at radius 3 is 2.67 bits per heavy atom. The highest BCUT2D eigenvalue weighted by atomic mass is 127. The average molecular weight is 509 g/mol. The molecule has 1 amide bonds. The monoisotopic (exact) mass is 509 g/mol. The van der Waals surface area contributed by atoms with E-state index in [9.17, 15) is 13.2 Å². The van der Waals surface area contributed by atoms with Gasteiger partial charge in [0.15, 0.2) is 15.8 Å². The number of carbonyl (C=O) groups is 1. The Bertz CT molecular complexity index is 796. The summed E-state index contributed by atoms with van der Waals surface area (Å²) in [7, 11) is -1.46. The van der Waals surface area contributed by atoms with Gasteiger partial charge in [0.25, 0.3) is 0 Å². The van der Waals surface area contributed by atoms with Crippen LogP contribution in [0.2, 0.25) is 0 Å². The minimum absolute atomic E-state index is 0. The number of carbonyl (C=O) groups excluding carboxylic acids is 1. The summed E-state index contributed by atoms with van der Waals surface area (Å²) in [6, 6.07) is 5.44. The average Bonchev–Trinajstić information content (AvgIpc) is 2.54. The number of rotatable bonds is 4. The number of amides is 1. The Morgan fingerprint density at radius 1 is 1.37 bits per heavy atom. The number of nitrogens with one attached hydrogen (secondary N) is 2. The van der Waals surface area contributed by atoms with Crippen LogP contribution >= 0.6 is 24.0 Å². The van der Waals surface area contributed by atoms with Crippen molar-refractivity contribution in [3.05, 3.63) is 23.9 Å². The summed E-state index contributed by atoms with van der Waals surface area (Å²) >= 11 is 0. The van der Waals surface area contributed by atoms with E-state index in [-0.39, 0.29) is 42.1 Å². The molecule has 0 aromatic carbocycles. The summed E-state index contributed by atoms with van der Waals surface area (Å²) in [5.41, 5.74) is 0.837. The first-order valence-electron chi connectivity index (χ1n) is 8.56. The highest BCUT2D eigenvalue weighted by Gasteiger charge is 2.40. The molecular weight excluding hydrogens is 481 g/mol. The first kappa shape index (κ1) is 23.6. The van der Waals surface area contributed by atoms with Crippen molar-refractivity contribution in [3.8, 4) is 0 Å². The van der Waals surface area contributed by atoms with Crippen LogP contribution in [0.15, 0.2) is 23.2 Å². The smallest absolute Gasteiger partial charge is 0.227 e. The second-order valence-corrected chi connectivity index (χ2v) is 9.68. The summed E-state index contributed by atoms with van der Waals surface area (Å²) in [5, 5.41) is 5.89. The van der Waals surface area contributed by atoms with Crippen molar-refractivity contribution >= 4 is 51.5 Å². The van der Waals surface area contributed by atoms with Crippen LogP contribution in [-0.4, -0.2) is 67.4 Å². The highest BCUT2D eigenvalue weighted by molar-refractivity contribution is 14.0. The molecule has 8 nitrogen and oxygen atoms in total. The maximum absolute atomic E-state index is 12.1. The fourth-order valence-corrected chi connectivity index (χ4v) is 4.13. The molecule has 1 aliphatic heterocycles. The van der Waals surface area contributed by atoms with Crippen molar-refractivity contribution < 1.29 is 13.2 Å². The van der Waals surface area contributed by atoms with Crippen LogP contribution in [0.4, 0.5) is 5.82 Å². The number of aryl methyl sites for hydroxylation is 1. The number of anilines is 1. The van der Waals surface area contributed by atoms with Gasteiger partial charge in [-0.1, -0.05) is 6.07 Å². The SMILES string of the molecule is CN=C(NCCC(=O)Nc1cccc(C)n1)N1CCS(=O)(=O)C(C)(C)C1.I. The molecule has 2 N–H and O–H groups in total. The molecule has 1 saturated heterocycles. The number of aliphatic imine (C=N–C) groups is 1. The molecule has 10 heteroatoms. The van der Waals surface area contributed by atoms with Crippen LogP contribution in [0.3, 0.4) is 0 Å². The van der Waals surface area contributed by atoms with Gasteiger partial charge in [-0.2, -0.15) is 0 Å². The number of hydrogen-bond donors (Lipinski definition) is 2. The zero-order valence-corrected chi connectivity index (χ0v) is 19.3. The first-order valence-corrected chi connectivity index (χ1v) is 10.2. The molecule has 1 aromatic heterocycles. The summed E-state index contributed by atoms with van der Waals surface area (Å²) in [4.78, 5) is 22.4. The molecule has 0 unspecified atom stereocenters. The van der Waals surface area contributed by atoms with Crippen molar-refractivity contribution in [3.63, 3.8) is 0 Å². The van der Waals surface area contributed by atoms with Gasteiger partial charge in [-0.3, -0.25) is 9.79 Å². The van der Waals surface area contributed by atoms with E-state index in [0.717, 1.165) is 5.69 Å². The predicted molar refractivity (Wildman–Crippen MR) is 118 cm³/mol. The fourth-order valence-electron chi connectivity index (χ4n) is 2.76. The number of pyridine rings is 1. The van der Waals surface area contributed by atoms with E-state index < -0.39 is 14.6 Å². The first-order chi connectivity index (χ1) is 12.1. The molecule has 27 heavy (non-hydrogen) atoms. The lowest BCUT2D eigenvalue weighted by molar-refractivity contribution is -0.116. The summed E-state index contributed by atoms with van der Waals surface area (Å²) in [5.74, 6) is 1.09. The number of guanidine groups is 1. The van der Waals surface area contributed by atoms with E-state index in [1.54, 1.807) is 27.0 Å². The third-order valence-corrected chi connectivity index (χ3v) is 6.88. The van der Waals surface area contributed by atoms with Gasteiger partial charge in [-0.05, 0) is 32.9 Å². The van der Waals surface area contributed by atoms with Gasteiger partial charge < -0.3 is 15.5 Å². The summed E-state index contributed by atoms with van der Waals surface area (Å²) < 4.78 is 23.4. The second kappa shape index (κ2) is 9.67. The largest absolute Gasteiger partial charge is 0.356 e. The third kappa shape index (κ3) is 6.30. The highest BCUT2D eigenvalue weighted by Crippen LogP contribution is 2.23. The second-order valence-electron chi connectivity index (χ2n) is 6.94. The lowest BCUT2D eigenvalue weighted by Gasteiger charge is -2.39. The predicted octanol–water partition coefficient (Wildman–Crippen LogP) is 1.42. The Hall–Kier alpha value is -1.43. The van der Waals surface area contributed by atoms with E-state index in [1.165, 1.54) is 0 Å².